The second kappa shape index (κ2) is 4.47. The summed E-state index contributed by atoms with van der Waals surface area (Å²) < 4.78 is 6.83. The Morgan fingerprint density at radius 1 is 1.67 bits per heavy atom. The molecule has 0 aliphatic carbocycles. The first kappa shape index (κ1) is 9.54. The molecule has 0 bridgehead atoms. The minimum absolute atomic E-state index is 0.272. The first-order chi connectivity index (χ1) is 5.70. The monoisotopic (exact) mass is 187 g/mol. The Kier molecular flexibility index (Phi) is 3.55. The van der Waals surface area contributed by atoms with Gasteiger partial charge in [-0.1, -0.05) is 5.21 Å². The average molecular weight is 187 g/mol. The van der Waals surface area contributed by atoms with Gasteiger partial charge < -0.3 is 4.74 Å². The van der Waals surface area contributed by atoms with Crippen molar-refractivity contribution >= 4 is 12.8 Å². The molecule has 0 fully saturated rings. The zero-order chi connectivity index (χ0) is 8.97. The number of thiol groups is 1. The fourth-order valence-electron chi connectivity index (χ4n) is 0.814. The van der Waals surface area contributed by atoms with Crippen LogP contribution in [0.5, 0.6) is 0 Å². The van der Waals surface area contributed by atoms with Crippen molar-refractivity contribution in [2.45, 2.75) is 26.4 Å². The van der Waals surface area contributed by atoms with Gasteiger partial charge in [0.15, 0.2) is 0 Å². The van der Waals surface area contributed by atoms with Gasteiger partial charge in [-0.25, -0.2) is 0 Å². The van der Waals surface area contributed by atoms with E-state index in [4.69, 9.17) is 4.74 Å². The summed E-state index contributed by atoms with van der Waals surface area (Å²) in [4.78, 5) is 0. The Morgan fingerprint density at radius 3 is 2.92 bits per heavy atom. The van der Waals surface area contributed by atoms with Gasteiger partial charge in [0, 0.05) is 6.42 Å². The van der Waals surface area contributed by atoms with Crippen LogP contribution in [-0.4, -0.2) is 27.1 Å². The van der Waals surface area contributed by atoms with Gasteiger partial charge in [0.25, 0.3) is 0 Å². The van der Waals surface area contributed by atoms with E-state index in [1.165, 1.54) is 4.09 Å². The first-order valence-corrected chi connectivity index (χ1v) is 4.30. The van der Waals surface area contributed by atoms with Crippen LogP contribution in [-0.2, 0) is 11.2 Å². The highest BCUT2D eigenvalue weighted by Gasteiger charge is 2.00. The molecule has 1 heterocycles. The second-order valence-electron chi connectivity index (χ2n) is 2.78. The quantitative estimate of drug-likeness (QED) is 0.713. The van der Waals surface area contributed by atoms with E-state index in [0.717, 1.165) is 12.1 Å². The SMILES string of the molecule is CC(C)OCCc1cnnn1S. The van der Waals surface area contributed by atoms with Crippen molar-refractivity contribution in [3.8, 4) is 0 Å². The lowest BCUT2D eigenvalue weighted by Gasteiger charge is -2.05. The van der Waals surface area contributed by atoms with E-state index in [9.17, 15) is 0 Å². The van der Waals surface area contributed by atoms with Gasteiger partial charge in [-0.3, -0.25) is 0 Å². The van der Waals surface area contributed by atoms with Crippen LogP contribution < -0.4 is 0 Å². The van der Waals surface area contributed by atoms with Crippen LogP contribution in [0.4, 0.5) is 0 Å². The lowest BCUT2D eigenvalue weighted by atomic mass is 10.3. The molecular formula is C7H13N3OS. The summed E-state index contributed by atoms with van der Waals surface area (Å²) in [5.74, 6) is 0. The van der Waals surface area contributed by atoms with Crippen LogP contribution in [0.15, 0.2) is 6.20 Å². The van der Waals surface area contributed by atoms with Crippen molar-refractivity contribution in [3.05, 3.63) is 11.9 Å². The number of aromatic nitrogens is 3. The molecule has 4 nitrogen and oxygen atoms in total. The predicted octanol–water partition coefficient (Wildman–Crippen LogP) is 0.938. The van der Waals surface area contributed by atoms with E-state index in [1.54, 1.807) is 6.20 Å². The Morgan fingerprint density at radius 2 is 2.42 bits per heavy atom. The van der Waals surface area contributed by atoms with Gasteiger partial charge >= 0.3 is 0 Å². The van der Waals surface area contributed by atoms with E-state index in [-0.39, 0.29) is 6.10 Å². The van der Waals surface area contributed by atoms with Crippen molar-refractivity contribution in [3.63, 3.8) is 0 Å². The van der Waals surface area contributed by atoms with Crippen LogP contribution in [0.3, 0.4) is 0 Å². The van der Waals surface area contributed by atoms with Crippen molar-refractivity contribution in [2.75, 3.05) is 6.61 Å². The number of rotatable bonds is 4. The van der Waals surface area contributed by atoms with Gasteiger partial charge in [0.05, 0.1) is 24.6 Å². The van der Waals surface area contributed by atoms with E-state index in [0.29, 0.717) is 6.61 Å². The van der Waals surface area contributed by atoms with Gasteiger partial charge in [-0.2, -0.15) is 4.09 Å². The standard InChI is InChI=1S/C7H13N3OS/c1-6(2)11-4-3-7-5-8-9-10(7)12/h5-6,12H,3-4H2,1-2H3. The van der Waals surface area contributed by atoms with E-state index < -0.39 is 0 Å². The molecular weight excluding hydrogens is 174 g/mol. The van der Waals surface area contributed by atoms with Crippen LogP contribution in [0, 0.1) is 0 Å². The van der Waals surface area contributed by atoms with Gasteiger partial charge in [-0.05, 0) is 26.7 Å². The van der Waals surface area contributed by atoms with Gasteiger partial charge in [-0.15, -0.1) is 5.10 Å². The van der Waals surface area contributed by atoms with Crippen LogP contribution in [0.2, 0.25) is 0 Å². The maximum atomic E-state index is 5.37. The van der Waals surface area contributed by atoms with Crippen LogP contribution in [0.25, 0.3) is 0 Å². The molecule has 0 saturated heterocycles. The number of hydrogen-bond donors (Lipinski definition) is 1. The smallest absolute Gasteiger partial charge is 0.0737 e. The molecule has 12 heavy (non-hydrogen) atoms. The highest BCUT2D eigenvalue weighted by Crippen LogP contribution is 2.00. The summed E-state index contributed by atoms with van der Waals surface area (Å²) in [6.45, 7) is 4.71. The highest BCUT2D eigenvalue weighted by atomic mass is 32.1. The molecule has 0 radical (unpaired) electrons. The lowest BCUT2D eigenvalue weighted by Crippen LogP contribution is -2.07. The van der Waals surface area contributed by atoms with E-state index in [1.807, 2.05) is 13.8 Å². The maximum Gasteiger partial charge on any atom is 0.0737 e. The van der Waals surface area contributed by atoms with Crippen LogP contribution >= 0.6 is 12.8 Å². The largest absolute Gasteiger partial charge is 0.378 e. The van der Waals surface area contributed by atoms with E-state index in [2.05, 4.69) is 23.1 Å². The molecule has 0 N–H and O–H groups in total. The molecule has 0 aromatic carbocycles. The lowest BCUT2D eigenvalue weighted by molar-refractivity contribution is 0.0808. The summed E-state index contributed by atoms with van der Waals surface area (Å²) in [6, 6.07) is 0. The minimum atomic E-state index is 0.272. The second-order valence-corrected chi connectivity index (χ2v) is 3.16. The summed E-state index contributed by atoms with van der Waals surface area (Å²) in [7, 11) is 0. The molecule has 1 rings (SSSR count). The molecule has 0 aliphatic heterocycles. The Hall–Kier alpha value is -0.550. The van der Waals surface area contributed by atoms with Crippen LogP contribution in [0.1, 0.15) is 19.5 Å². The fraction of sp³-hybridized carbons (Fsp3) is 0.714. The minimum Gasteiger partial charge on any atom is -0.378 e. The normalized spacial score (nSPS) is 11.0. The van der Waals surface area contributed by atoms with Gasteiger partial charge in [0.1, 0.15) is 0 Å². The Balaban J connectivity index is 2.29. The molecule has 0 unspecified atom stereocenters. The molecule has 68 valence electrons. The average Bonchev–Trinajstić information content (AvgIpc) is 2.36. The van der Waals surface area contributed by atoms with Gasteiger partial charge in [0.2, 0.25) is 0 Å². The molecule has 0 amide bonds. The Labute approximate surface area is 77.5 Å². The fourth-order valence-corrected chi connectivity index (χ4v) is 1.01. The topological polar surface area (TPSA) is 39.9 Å². The summed E-state index contributed by atoms with van der Waals surface area (Å²) >= 11 is 4.06. The number of nitrogens with zero attached hydrogens (tertiary/aromatic N) is 3. The molecule has 1 aromatic rings. The Bertz CT molecular complexity index is 236. The summed E-state index contributed by atoms with van der Waals surface area (Å²) in [5.41, 5.74) is 0.971. The summed E-state index contributed by atoms with van der Waals surface area (Å²) in [5, 5.41) is 7.39. The number of hydrogen-bond acceptors (Lipinski definition) is 4. The predicted molar refractivity (Wildman–Crippen MR) is 49.2 cm³/mol. The molecule has 1 aromatic heterocycles. The maximum absolute atomic E-state index is 5.37. The third-order valence-corrected chi connectivity index (χ3v) is 1.75. The summed E-state index contributed by atoms with van der Waals surface area (Å²) in [6.07, 6.45) is 2.76. The highest BCUT2D eigenvalue weighted by molar-refractivity contribution is 7.78. The third kappa shape index (κ3) is 2.83. The third-order valence-electron chi connectivity index (χ3n) is 1.41. The number of ether oxygens (including phenoxy) is 1. The van der Waals surface area contributed by atoms with Crippen molar-refractivity contribution in [2.24, 2.45) is 0 Å². The first-order valence-electron chi connectivity index (χ1n) is 3.90. The molecule has 5 heteroatoms. The molecule has 0 aliphatic rings. The molecule has 0 atom stereocenters. The van der Waals surface area contributed by atoms with Crippen molar-refractivity contribution in [1.29, 1.82) is 0 Å². The zero-order valence-electron chi connectivity index (χ0n) is 7.27. The molecule has 0 spiro atoms. The van der Waals surface area contributed by atoms with Crippen molar-refractivity contribution < 1.29 is 4.74 Å². The molecule has 0 saturated carbocycles. The van der Waals surface area contributed by atoms with Crippen molar-refractivity contribution in [1.82, 2.24) is 14.4 Å². The van der Waals surface area contributed by atoms with E-state index >= 15 is 0 Å². The zero-order valence-corrected chi connectivity index (χ0v) is 8.16.